The molecule has 0 radical (unpaired) electrons. The molecule has 160 valence electrons. The lowest BCUT2D eigenvalue weighted by Gasteiger charge is -2.34. The number of nitrogens with two attached hydrogens (primary N) is 2. The van der Waals surface area contributed by atoms with Gasteiger partial charge in [-0.05, 0) is 48.1 Å². The molecular formula is C24H32N4O2. The average molecular weight is 409 g/mol. The molecule has 3 amide bonds. The Labute approximate surface area is 178 Å². The van der Waals surface area contributed by atoms with Gasteiger partial charge in [-0.1, -0.05) is 74.6 Å². The topological polar surface area (TPSA) is 110 Å². The first kappa shape index (κ1) is 21.8. The maximum absolute atomic E-state index is 12.6. The van der Waals surface area contributed by atoms with Crippen molar-refractivity contribution in [3.05, 3.63) is 54.6 Å². The third-order valence-electron chi connectivity index (χ3n) is 6.03. The molecule has 0 heterocycles. The highest BCUT2D eigenvalue weighted by Crippen LogP contribution is 2.33. The number of hydrogen-bond donors (Lipinski definition) is 4. The fourth-order valence-corrected chi connectivity index (χ4v) is 4.50. The van der Waals surface area contributed by atoms with Crippen LogP contribution in [0.15, 0.2) is 54.6 Å². The monoisotopic (exact) mass is 408 g/mol. The van der Waals surface area contributed by atoms with Crippen molar-refractivity contribution in [1.82, 2.24) is 5.32 Å². The van der Waals surface area contributed by atoms with E-state index in [9.17, 15) is 9.59 Å². The Morgan fingerprint density at radius 3 is 2.17 bits per heavy atom. The van der Waals surface area contributed by atoms with Crippen LogP contribution in [0, 0.1) is 11.8 Å². The van der Waals surface area contributed by atoms with Gasteiger partial charge in [0, 0.05) is 5.69 Å². The van der Waals surface area contributed by atoms with E-state index in [1.807, 2.05) is 54.6 Å². The van der Waals surface area contributed by atoms with Crippen molar-refractivity contribution in [2.24, 2.45) is 23.3 Å². The molecule has 6 heteroatoms. The number of urea groups is 1. The molecular weight excluding hydrogens is 376 g/mol. The highest BCUT2D eigenvalue weighted by molar-refractivity contribution is 5.93. The fraction of sp³-hybridized carbons (Fsp3) is 0.417. The van der Waals surface area contributed by atoms with E-state index in [-0.39, 0.29) is 5.92 Å². The van der Waals surface area contributed by atoms with E-state index in [1.165, 1.54) is 6.42 Å². The smallest absolute Gasteiger partial charge is 0.319 e. The molecule has 0 bridgehead atoms. The molecule has 0 aliphatic heterocycles. The molecule has 1 aliphatic rings. The molecule has 1 aliphatic carbocycles. The first-order chi connectivity index (χ1) is 14.6. The molecule has 2 atom stereocenters. The predicted octanol–water partition coefficient (Wildman–Crippen LogP) is 3.87. The summed E-state index contributed by atoms with van der Waals surface area (Å²) in [5.41, 5.74) is 14.3. The van der Waals surface area contributed by atoms with Crippen LogP contribution in [0.4, 0.5) is 10.5 Å². The maximum Gasteiger partial charge on any atom is 0.319 e. The van der Waals surface area contributed by atoms with Crippen LogP contribution in [-0.4, -0.2) is 24.5 Å². The van der Waals surface area contributed by atoms with Gasteiger partial charge >= 0.3 is 6.03 Å². The summed E-state index contributed by atoms with van der Waals surface area (Å²) in [7, 11) is 0. The quantitative estimate of drug-likeness (QED) is 0.532. The summed E-state index contributed by atoms with van der Waals surface area (Å²) in [6.07, 6.45) is 6.30. The molecule has 0 aromatic heterocycles. The molecule has 6 nitrogen and oxygen atoms in total. The van der Waals surface area contributed by atoms with Crippen molar-refractivity contribution in [1.29, 1.82) is 0 Å². The van der Waals surface area contributed by atoms with Gasteiger partial charge in [0.15, 0.2) is 0 Å². The predicted molar refractivity (Wildman–Crippen MR) is 121 cm³/mol. The lowest BCUT2D eigenvalue weighted by atomic mass is 9.75. The lowest BCUT2D eigenvalue weighted by Crippen LogP contribution is -2.52. The summed E-state index contributed by atoms with van der Waals surface area (Å²) in [5, 5.41) is 5.63. The number of benzene rings is 2. The van der Waals surface area contributed by atoms with Crippen molar-refractivity contribution in [2.75, 3.05) is 11.9 Å². The SMILES string of the molecule is NCCC(C1CCCCC1)C(NC(=O)Nc1ccc(-c2ccccc2)cc1)C(N)=O. The number of primary amides is 1. The number of carbonyl (C=O) groups is 2. The Morgan fingerprint density at radius 1 is 0.933 bits per heavy atom. The first-order valence-electron chi connectivity index (χ1n) is 10.8. The van der Waals surface area contributed by atoms with E-state index in [1.54, 1.807) is 0 Å². The van der Waals surface area contributed by atoms with Gasteiger partial charge < -0.3 is 22.1 Å². The standard InChI is InChI=1S/C24H32N4O2/c25-16-15-21(19-9-5-2-6-10-19)22(23(26)29)28-24(30)27-20-13-11-18(12-14-20)17-7-3-1-4-8-17/h1,3-4,7-8,11-14,19,21-22H,2,5-6,9-10,15-16,25H2,(H2,26,29)(H2,27,28,30). The molecule has 6 N–H and O–H groups in total. The number of hydrogen-bond acceptors (Lipinski definition) is 3. The highest BCUT2D eigenvalue weighted by atomic mass is 16.2. The van der Waals surface area contributed by atoms with Crippen LogP contribution in [0.3, 0.4) is 0 Å². The zero-order chi connectivity index (χ0) is 21.3. The summed E-state index contributed by atoms with van der Waals surface area (Å²) in [4.78, 5) is 24.8. The third kappa shape index (κ3) is 5.83. The summed E-state index contributed by atoms with van der Waals surface area (Å²) in [6.45, 7) is 0.467. The summed E-state index contributed by atoms with van der Waals surface area (Å²) in [6, 6.07) is 16.5. The van der Waals surface area contributed by atoms with Crippen molar-refractivity contribution in [2.45, 2.75) is 44.6 Å². The minimum Gasteiger partial charge on any atom is -0.368 e. The minimum absolute atomic E-state index is 0.0287. The van der Waals surface area contributed by atoms with Crippen LogP contribution >= 0.6 is 0 Å². The zero-order valence-electron chi connectivity index (χ0n) is 17.3. The van der Waals surface area contributed by atoms with Crippen molar-refractivity contribution >= 4 is 17.6 Å². The van der Waals surface area contributed by atoms with Gasteiger partial charge in [0.25, 0.3) is 0 Å². The normalized spacial score (nSPS) is 16.4. The number of nitrogens with one attached hydrogen (secondary N) is 2. The number of rotatable bonds is 8. The minimum atomic E-state index is -0.722. The highest BCUT2D eigenvalue weighted by Gasteiger charge is 2.34. The largest absolute Gasteiger partial charge is 0.368 e. The second-order valence-electron chi connectivity index (χ2n) is 8.06. The first-order valence-corrected chi connectivity index (χ1v) is 10.8. The number of carbonyl (C=O) groups excluding carboxylic acids is 2. The molecule has 1 saturated carbocycles. The van der Waals surface area contributed by atoms with E-state index in [0.29, 0.717) is 24.6 Å². The second kappa shape index (κ2) is 10.8. The Bertz CT molecular complexity index is 817. The van der Waals surface area contributed by atoms with Gasteiger partial charge in [-0.15, -0.1) is 0 Å². The van der Waals surface area contributed by atoms with Gasteiger partial charge in [-0.2, -0.15) is 0 Å². The summed E-state index contributed by atoms with van der Waals surface area (Å²) < 4.78 is 0. The van der Waals surface area contributed by atoms with Crippen molar-refractivity contribution < 1.29 is 9.59 Å². The summed E-state index contributed by atoms with van der Waals surface area (Å²) in [5.74, 6) is -0.169. The molecule has 2 aromatic rings. The van der Waals surface area contributed by atoms with Crippen LogP contribution in [-0.2, 0) is 4.79 Å². The van der Waals surface area contributed by atoms with Gasteiger partial charge in [-0.25, -0.2) is 4.79 Å². The average Bonchev–Trinajstić information content (AvgIpc) is 2.78. The number of anilines is 1. The number of amides is 3. The molecule has 1 fully saturated rings. The second-order valence-corrected chi connectivity index (χ2v) is 8.06. The van der Waals surface area contributed by atoms with Crippen molar-refractivity contribution in [3.8, 4) is 11.1 Å². The third-order valence-corrected chi connectivity index (χ3v) is 6.03. The molecule has 2 unspecified atom stereocenters. The van der Waals surface area contributed by atoms with Crippen LogP contribution in [0.1, 0.15) is 38.5 Å². The molecule has 0 spiro atoms. The van der Waals surface area contributed by atoms with Crippen LogP contribution in [0.2, 0.25) is 0 Å². The van der Waals surface area contributed by atoms with Crippen molar-refractivity contribution in [3.63, 3.8) is 0 Å². The molecule has 2 aromatic carbocycles. The molecule has 3 rings (SSSR count). The Hall–Kier alpha value is -2.86. The van der Waals surface area contributed by atoms with Crippen LogP contribution < -0.4 is 22.1 Å². The van der Waals surface area contributed by atoms with Gasteiger partial charge in [0.2, 0.25) is 5.91 Å². The van der Waals surface area contributed by atoms with E-state index in [4.69, 9.17) is 11.5 Å². The Kier molecular flexibility index (Phi) is 7.85. The Balaban J connectivity index is 1.65. The van der Waals surface area contributed by atoms with E-state index in [0.717, 1.165) is 36.8 Å². The molecule has 0 saturated heterocycles. The molecule has 30 heavy (non-hydrogen) atoms. The van der Waals surface area contributed by atoms with Gasteiger partial charge in [0.1, 0.15) is 6.04 Å². The van der Waals surface area contributed by atoms with E-state index < -0.39 is 18.0 Å². The van der Waals surface area contributed by atoms with E-state index in [2.05, 4.69) is 10.6 Å². The maximum atomic E-state index is 12.6. The van der Waals surface area contributed by atoms with E-state index >= 15 is 0 Å². The summed E-state index contributed by atoms with van der Waals surface area (Å²) >= 11 is 0. The van der Waals surface area contributed by atoms with Gasteiger partial charge in [-0.3, -0.25) is 4.79 Å². The van der Waals surface area contributed by atoms with Crippen LogP contribution in [0.25, 0.3) is 11.1 Å². The lowest BCUT2D eigenvalue weighted by molar-refractivity contribution is -0.121. The Morgan fingerprint density at radius 2 is 1.57 bits per heavy atom. The fourth-order valence-electron chi connectivity index (χ4n) is 4.50. The van der Waals surface area contributed by atoms with Gasteiger partial charge in [0.05, 0.1) is 0 Å². The van der Waals surface area contributed by atoms with Crippen LogP contribution in [0.5, 0.6) is 0 Å². The zero-order valence-corrected chi connectivity index (χ0v) is 17.3.